The van der Waals surface area contributed by atoms with E-state index in [1.807, 2.05) is 30.3 Å². The first-order chi connectivity index (χ1) is 12.5. The molecule has 3 atom stereocenters. The van der Waals surface area contributed by atoms with E-state index in [0.29, 0.717) is 18.8 Å². The van der Waals surface area contributed by atoms with Crippen LogP contribution in [-0.2, 0) is 14.3 Å². The highest BCUT2D eigenvalue weighted by Crippen LogP contribution is 2.25. The first-order valence-corrected chi connectivity index (χ1v) is 8.39. The molecule has 1 amide bonds. The quantitative estimate of drug-likeness (QED) is 0.819. The zero-order valence-electron chi connectivity index (χ0n) is 14.6. The highest BCUT2D eigenvalue weighted by molar-refractivity contribution is 5.81. The molecule has 0 spiro atoms. The van der Waals surface area contributed by atoms with Gasteiger partial charge in [-0.05, 0) is 18.6 Å². The number of amides is 1. The lowest BCUT2D eigenvalue weighted by Crippen LogP contribution is -2.41. The van der Waals surface area contributed by atoms with Gasteiger partial charge in [-0.2, -0.15) is 4.80 Å². The molecule has 1 aromatic heterocycles. The molecule has 0 saturated carbocycles. The fourth-order valence-electron chi connectivity index (χ4n) is 3.14. The number of aliphatic carboxylic acids is 1. The Balaban J connectivity index is 1.76. The molecule has 1 saturated heterocycles. The zero-order valence-corrected chi connectivity index (χ0v) is 14.6. The summed E-state index contributed by atoms with van der Waals surface area (Å²) in [4.78, 5) is 26.8. The van der Waals surface area contributed by atoms with Gasteiger partial charge in [0.25, 0.3) is 0 Å². The van der Waals surface area contributed by atoms with Crippen LogP contribution in [0, 0.1) is 0 Å². The van der Waals surface area contributed by atoms with Crippen LogP contribution in [0.1, 0.15) is 25.8 Å². The third-order valence-electron chi connectivity index (χ3n) is 4.57. The average molecular weight is 359 g/mol. The number of nitrogens with zero attached hydrogens (tertiary/aromatic N) is 5. The van der Waals surface area contributed by atoms with E-state index in [-0.39, 0.29) is 18.4 Å². The Labute approximate surface area is 150 Å². The van der Waals surface area contributed by atoms with E-state index in [2.05, 4.69) is 15.4 Å². The van der Waals surface area contributed by atoms with Crippen molar-refractivity contribution in [1.82, 2.24) is 25.1 Å². The Bertz CT molecular complexity index is 778. The molecule has 1 N–H and O–H groups in total. The Morgan fingerprint density at radius 2 is 2.08 bits per heavy atom. The maximum Gasteiger partial charge on any atom is 0.305 e. The van der Waals surface area contributed by atoms with Crippen molar-refractivity contribution < 1.29 is 19.4 Å². The Kier molecular flexibility index (Phi) is 5.27. The SMILES string of the molecule is COC1CC(CC(=O)O)N(C(=O)C(C)n2nnc(-c3ccccc3)n2)C1. The van der Waals surface area contributed by atoms with E-state index in [9.17, 15) is 9.59 Å². The van der Waals surface area contributed by atoms with Gasteiger partial charge < -0.3 is 14.7 Å². The molecule has 1 aliphatic heterocycles. The first kappa shape index (κ1) is 18.0. The summed E-state index contributed by atoms with van der Waals surface area (Å²) >= 11 is 0. The summed E-state index contributed by atoms with van der Waals surface area (Å²) in [5.74, 6) is -0.751. The third kappa shape index (κ3) is 3.72. The number of ether oxygens (including phenoxy) is 1. The molecule has 26 heavy (non-hydrogen) atoms. The van der Waals surface area contributed by atoms with E-state index < -0.39 is 18.1 Å². The van der Waals surface area contributed by atoms with Gasteiger partial charge in [-0.1, -0.05) is 30.3 Å². The van der Waals surface area contributed by atoms with Crippen LogP contribution in [0.25, 0.3) is 11.4 Å². The van der Waals surface area contributed by atoms with Gasteiger partial charge in [-0.15, -0.1) is 10.2 Å². The zero-order chi connectivity index (χ0) is 18.7. The Hall–Kier alpha value is -2.81. The number of hydrogen-bond donors (Lipinski definition) is 1. The molecule has 3 rings (SSSR count). The van der Waals surface area contributed by atoms with Crippen LogP contribution < -0.4 is 0 Å². The number of carbonyl (C=O) groups excluding carboxylic acids is 1. The molecule has 3 unspecified atom stereocenters. The minimum atomic E-state index is -0.942. The van der Waals surface area contributed by atoms with Gasteiger partial charge in [-0.3, -0.25) is 9.59 Å². The number of hydrogen-bond acceptors (Lipinski definition) is 6. The molecule has 1 aromatic carbocycles. The van der Waals surface area contributed by atoms with E-state index in [1.54, 1.807) is 18.9 Å². The van der Waals surface area contributed by atoms with Gasteiger partial charge in [-0.25, -0.2) is 0 Å². The van der Waals surface area contributed by atoms with Gasteiger partial charge in [0, 0.05) is 25.3 Å². The minimum absolute atomic E-state index is 0.113. The lowest BCUT2D eigenvalue weighted by molar-refractivity contribution is -0.141. The molecule has 0 radical (unpaired) electrons. The molecule has 0 bridgehead atoms. The summed E-state index contributed by atoms with van der Waals surface area (Å²) in [6.07, 6.45) is 0.221. The number of rotatable bonds is 6. The van der Waals surface area contributed by atoms with E-state index in [1.165, 1.54) is 4.80 Å². The number of carboxylic acids is 1. The van der Waals surface area contributed by atoms with Crippen LogP contribution in [-0.4, -0.2) is 67.9 Å². The van der Waals surface area contributed by atoms with Crippen molar-refractivity contribution in [3.8, 4) is 11.4 Å². The number of carboxylic acid groups (broad SMARTS) is 1. The predicted octanol–water partition coefficient (Wildman–Crippen LogP) is 0.992. The molecular weight excluding hydrogens is 338 g/mol. The Morgan fingerprint density at radius 1 is 1.35 bits per heavy atom. The first-order valence-electron chi connectivity index (χ1n) is 8.39. The van der Waals surface area contributed by atoms with Crippen molar-refractivity contribution in [3.63, 3.8) is 0 Å². The fourth-order valence-corrected chi connectivity index (χ4v) is 3.14. The molecule has 9 nitrogen and oxygen atoms in total. The molecule has 138 valence electrons. The smallest absolute Gasteiger partial charge is 0.305 e. The third-order valence-corrected chi connectivity index (χ3v) is 4.57. The van der Waals surface area contributed by atoms with Crippen molar-refractivity contribution >= 4 is 11.9 Å². The van der Waals surface area contributed by atoms with Gasteiger partial charge >= 0.3 is 5.97 Å². The predicted molar refractivity (Wildman–Crippen MR) is 91.1 cm³/mol. The van der Waals surface area contributed by atoms with Crippen molar-refractivity contribution in [1.29, 1.82) is 0 Å². The maximum atomic E-state index is 12.9. The summed E-state index contributed by atoms with van der Waals surface area (Å²) in [5, 5.41) is 21.4. The van der Waals surface area contributed by atoms with Crippen LogP contribution in [0.3, 0.4) is 0 Å². The largest absolute Gasteiger partial charge is 0.481 e. The summed E-state index contributed by atoms with van der Waals surface area (Å²) in [6, 6.07) is 8.27. The Morgan fingerprint density at radius 3 is 2.73 bits per heavy atom. The maximum absolute atomic E-state index is 12.9. The number of methoxy groups -OCH3 is 1. The number of benzene rings is 1. The lowest BCUT2D eigenvalue weighted by atomic mass is 10.1. The molecular formula is C17H21N5O4. The summed E-state index contributed by atoms with van der Waals surface area (Å²) in [5.41, 5.74) is 0.808. The molecule has 1 fully saturated rings. The van der Waals surface area contributed by atoms with Gasteiger partial charge in [0.15, 0.2) is 0 Å². The average Bonchev–Trinajstić information content (AvgIpc) is 3.28. The summed E-state index contributed by atoms with van der Waals surface area (Å²) in [7, 11) is 1.56. The van der Waals surface area contributed by atoms with Crippen molar-refractivity contribution in [2.75, 3.05) is 13.7 Å². The molecule has 1 aliphatic rings. The second-order valence-electron chi connectivity index (χ2n) is 6.31. The lowest BCUT2D eigenvalue weighted by Gasteiger charge is -2.25. The number of aromatic nitrogens is 4. The van der Waals surface area contributed by atoms with Crippen molar-refractivity contribution in [2.24, 2.45) is 0 Å². The topological polar surface area (TPSA) is 110 Å². The monoisotopic (exact) mass is 359 g/mol. The number of likely N-dealkylation sites (tertiary alicyclic amines) is 1. The van der Waals surface area contributed by atoms with Gasteiger partial charge in [0.1, 0.15) is 6.04 Å². The van der Waals surface area contributed by atoms with Crippen LogP contribution in [0.4, 0.5) is 0 Å². The molecule has 2 aromatic rings. The van der Waals surface area contributed by atoms with Crippen LogP contribution in [0.5, 0.6) is 0 Å². The van der Waals surface area contributed by atoms with Crippen LogP contribution in [0.2, 0.25) is 0 Å². The van der Waals surface area contributed by atoms with Crippen LogP contribution >= 0.6 is 0 Å². The minimum Gasteiger partial charge on any atom is -0.481 e. The highest BCUT2D eigenvalue weighted by atomic mass is 16.5. The van der Waals surface area contributed by atoms with Gasteiger partial charge in [0.05, 0.1) is 12.5 Å². The number of carbonyl (C=O) groups is 2. The van der Waals surface area contributed by atoms with Crippen molar-refractivity contribution in [2.45, 2.75) is 38.0 Å². The molecule has 2 heterocycles. The second kappa shape index (κ2) is 7.61. The van der Waals surface area contributed by atoms with E-state index in [4.69, 9.17) is 9.84 Å². The van der Waals surface area contributed by atoms with Gasteiger partial charge in [0.2, 0.25) is 11.7 Å². The normalized spacial score (nSPS) is 20.9. The number of tetrazole rings is 1. The van der Waals surface area contributed by atoms with Crippen LogP contribution in [0.15, 0.2) is 30.3 Å². The van der Waals surface area contributed by atoms with E-state index in [0.717, 1.165) is 5.56 Å². The standard InChI is InChI=1S/C17H21N5O4/c1-11(22-19-16(18-20-22)12-6-4-3-5-7-12)17(25)21-10-14(26-2)8-13(21)9-15(23)24/h3-7,11,13-14H,8-10H2,1-2H3,(H,23,24). The molecule has 9 heteroatoms. The highest BCUT2D eigenvalue weighted by Gasteiger charge is 2.39. The summed E-state index contributed by atoms with van der Waals surface area (Å²) in [6.45, 7) is 2.04. The van der Waals surface area contributed by atoms with Crippen molar-refractivity contribution in [3.05, 3.63) is 30.3 Å². The summed E-state index contributed by atoms with van der Waals surface area (Å²) < 4.78 is 5.31. The van der Waals surface area contributed by atoms with E-state index >= 15 is 0 Å². The molecule has 0 aliphatic carbocycles. The second-order valence-corrected chi connectivity index (χ2v) is 6.31. The fraction of sp³-hybridized carbons (Fsp3) is 0.471.